The highest BCUT2D eigenvalue weighted by Crippen LogP contribution is 2.65. The van der Waals surface area contributed by atoms with Crippen LogP contribution in [0, 0.1) is 11.3 Å². The second-order valence-corrected chi connectivity index (χ2v) is 4.34. The molecule has 2 aliphatic carbocycles. The maximum atomic E-state index is 11.3. The Morgan fingerprint density at radius 3 is 3.14 bits per heavy atom. The Morgan fingerprint density at radius 2 is 2.43 bits per heavy atom. The van der Waals surface area contributed by atoms with E-state index in [1.165, 1.54) is 0 Å². The Kier molecular flexibility index (Phi) is 1.23. The van der Waals surface area contributed by atoms with Crippen LogP contribution >= 0.6 is 0 Å². The monoisotopic (exact) mass is 189 g/mol. The average Bonchev–Trinajstić information content (AvgIpc) is 2.73. The molecule has 1 heterocycles. The van der Waals surface area contributed by atoms with Gasteiger partial charge in [0.1, 0.15) is 0 Å². The van der Waals surface area contributed by atoms with Gasteiger partial charge in [0.05, 0.1) is 0 Å². The molecule has 1 spiro atoms. The van der Waals surface area contributed by atoms with Crippen molar-refractivity contribution in [3.8, 4) is 0 Å². The topological polar surface area (TPSA) is 37.4 Å². The number of ketones is 1. The van der Waals surface area contributed by atoms with Gasteiger partial charge in [-0.05, 0) is 18.4 Å². The molecule has 1 saturated carbocycles. The molecule has 0 aromatic heterocycles. The zero-order valence-corrected chi connectivity index (χ0v) is 7.99. The number of amides is 1. The number of carbonyl (C=O) groups is 2. The lowest BCUT2D eigenvalue weighted by atomic mass is 9.95. The Hall–Kier alpha value is -1.38. The standard InChI is InChI=1S/C11H11NO2/c1-7(13)12-6-8-5-11(8)3-2-9(14)4-10(11)12/h2-4,8H,5-6H2,1H3/t8-,11?/m1/s1. The summed E-state index contributed by atoms with van der Waals surface area (Å²) in [5, 5.41) is 0. The van der Waals surface area contributed by atoms with Crippen LogP contribution in [-0.4, -0.2) is 23.1 Å². The predicted molar refractivity (Wildman–Crippen MR) is 50.2 cm³/mol. The van der Waals surface area contributed by atoms with Crippen molar-refractivity contribution in [2.24, 2.45) is 11.3 Å². The third-order valence-electron chi connectivity index (χ3n) is 3.53. The summed E-state index contributed by atoms with van der Waals surface area (Å²) in [6.45, 7) is 2.35. The zero-order chi connectivity index (χ0) is 9.92. The molecule has 2 fully saturated rings. The van der Waals surface area contributed by atoms with Gasteiger partial charge in [-0.15, -0.1) is 0 Å². The van der Waals surface area contributed by atoms with Crippen molar-refractivity contribution in [1.29, 1.82) is 0 Å². The number of carbonyl (C=O) groups excluding carboxylic acids is 2. The number of hydrogen-bond donors (Lipinski definition) is 0. The average molecular weight is 189 g/mol. The molecule has 14 heavy (non-hydrogen) atoms. The summed E-state index contributed by atoms with van der Waals surface area (Å²) in [7, 11) is 0. The van der Waals surface area contributed by atoms with Crippen molar-refractivity contribution in [3.05, 3.63) is 23.9 Å². The lowest BCUT2D eigenvalue weighted by Crippen LogP contribution is -2.29. The van der Waals surface area contributed by atoms with Gasteiger partial charge in [0.15, 0.2) is 5.78 Å². The molecular formula is C11H11NO2. The van der Waals surface area contributed by atoms with Gasteiger partial charge in [-0.2, -0.15) is 0 Å². The van der Waals surface area contributed by atoms with Crippen LogP contribution in [0.25, 0.3) is 0 Å². The van der Waals surface area contributed by atoms with Crippen molar-refractivity contribution in [3.63, 3.8) is 0 Å². The fourth-order valence-corrected chi connectivity index (χ4v) is 2.67. The van der Waals surface area contributed by atoms with Crippen molar-refractivity contribution in [1.82, 2.24) is 4.90 Å². The molecular weight excluding hydrogens is 178 g/mol. The molecule has 1 saturated heterocycles. The molecule has 3 heteroatoms. The van der Waals surface area contributed by atoms with Gasteiger partial charge in [-0.1, -0.05) is 6.08 Å². The molecule has 3 nitrogen and oxygen atoms in total. The fraction of sp³-hybridized carbons (Fsp3) is 0.455. The van der Waals surface area contributed by atoms with Gasteiger partial charge in [0, 0.05) is 30.7 Å². The van der Waals surface area contributed by atoms with Gasteiger partial charge in [0.2, 0.25) is 5.91 Å². The Labute approximate surface area is 82.1 Å². The minimum atomic E-state index is 0.00410. The van der Waals surface area contributed by atoms with Crippen molar-refractivity contribution < 1.29 is 9.59 Å². The summed E-state index contributed by atoms with van der Waals surface area (Å²) in [5.74, 6) is 0.609. The van der Waals surface area contributed by atoms with Crippen molar-refractivity contribution in [2.75, 3.05) is 6.54 Å². The summed E-state index contributed by atoms with van der Waals surface area (Å²) in [5.41, 5.74) is 0.988. The first-order valence-electron chi connectivity index (χ1n) is 4.87. The molecule has 0 bridgehead atoms. The SMILES string of the molecule is CC(=O)N1C[C@H]2CC23C=CC(=O)C=C13. The smallest absolute Gasteiger partial charge is 0.223 e. The van der Waals surface area contributed by atoms with Gasteiger partial charge in [-0.25, -0.2) is 0 Å². The molecule has 0 radical (unpaired) electrons. The molecule has 1 unspecified atom stereocenters. The second kappa shape index (κ2) is 2.16. The van der Waals surface area contributed by atoms with Gasteiger partial charge >= 0.3 is 0 Å². The third kappa shape index (κ3) is 0.775. The summed E-state index contributed by atoms with van der Waals surface area (Å²) >= 11 is 0. The van der Waals surface area contributed by atoms with E-state index in [4.69, 9.17) is 0 Å². The summed E-state index contributed by atoms with van der Waals surface area (Å²) < 4.78 is 0. The Bertz CT molecular complexity index is 408. The minimum absolute atomic E-state index is 0.00410. The van der Waals surface area contributed by atoms with E-state index < -0.39 is 0 Å². The summed E-state index contributed by atoms with van der Waals surface area (Å²) in [6.07, 6.45) is 6.34. The van der Waals surface area contributed by atoms with Crippen LogP contribution in [0.4, 0.5) is 0 Å². The first kappa shape index (κ1) is 7.97. The van der Waals surface area contributed by atoms with E-state index in [2.05, 4.69) is 0 Å². The fourth-order valence-electron chi connectivity index (χ4n) is 2.67. The van der Waals surface area contributed by atoms with E-state index in [9.17, 15) is 9.59 Å². The van der Waals surface area contributed by atoms with Crippen LogP contribution in [-0.2, 0) is 9.59 Å². The first-order chi connectivity index (χ1) is 6.63. The highest BCUT2D eigenvalue weighted by atomic mass is 16.2. The number of likely N-dealkylation sites (tertiary alicyclic amines) is 1. The highest BCUT2D eigenvalue weighted by molar-refractivity contribution is 6.02. The number of rotatable bonds is 0. The lowest BCUT2D eigenvalue weighted by Gasteiger charge is -2.23. The molecule has 72 valence electrons. The van der Waals surface area contributed by atoms with E-state index in [0.717, 1.165) is 18.7 Å². The summed E-state index contributed by atoms with van der Waals surface area (Å²) in [4.78, 5) is 24.3. The summed E-state index contributed by atoms with van der Waals surface area (Å²) in [6, 6.07) is 0. The number of allylic oxidation sites excluding steroid dienone is 3. The number of hydrogen-bond acceptors (Lipinski definition) is 2. The van der Waals surface area contributed by atoms with Gasteiger partial charge in [0.25, 0.3) is 0 Å². The van der Waals surface area contributed by atoms with Crippen LogP contribution in [0.5, 0.6) is 0 Å². The molecule has 0 aromatic carbocycles. The molecule has 2 atom stereocenters. The van der Waals surface area contributed by atoms with E-state index in [0.29, 0.717) is 5.92 Å². The van der Waals surface area contributed by atoms with Crippen molar-refractivity contribution in [2.45, 2.75) is 13.3 Å². The third-order valence-corrected chi connectivity index (χ3v) is 3.53. The molecule has 1 aliphatic heterocycles. The maximum Gasteiger partial charge on any atom is 0.223 e. The van der Waals surface area contributed by atoms with Crippen LogP contribution in [0.1, 0.15) is 13.3 Å². The quantitative estimate of drug-likeness (QED) is 0.567. The van der Waals surface area contributed by atoms with Crippen LogP contribution in [0.3, 0.4) is 0 Å². The largest absolute Gasteiger partial charge is 0.315 e. The maximum absolute atomic E-state index is 11.3. The zero-order valence-electron chi connectivity index (χ0n) is 7.99. The van der Waals surface area contributed by atoms with Crippen LogP contribution in [0.15, 0.2) is 23.9 Å². The van der Waals surface area contributed by atoms with E-state index in [1.54, 1.807) is 24.0 Å². The van der Waals surface area contributed by atoms with Crippen LogP contribution in [0.2, 0.25) is 0 Å². The predicted octanol–water partition coefficient (Wildman–Crippen LogP) is 0.878. The molecule has 1 amide bonds. The highest BCUT2D eigenvalue weighted by Gasteiger charge is 2.63. The number of nitrogens with zero attached hydrogens (tertiary/aromatic N) is 1. The van der Waals surface area contributed by atoms with E-state index in [-0.39, 0.29) is 17.1 Å². The number of piperidine rings is 1. The molecule has 0 N–H and O–H groups in total. The van der Waals surface area contributed by atoms with Crippen LogP contribution < -0.4 is 0 Å². The molecule has 3 aliphatic rings. The first-order valence-corrected chi connectivity index (χ1v) is 4.87. The van der Waals surface area contributed by atoms with E-state index >= 15 is 0 Å². The Morgan fingerprint density at radius 1 is 1.64 bits per heavy atom. The molecule has 3 rings (SSSR count). The van der Waals surface area contributed by atoms with Gasteiger partial charge in [-0.3, -0.25) is 9.59 Å². The van der Waals surface area contributed by atoms with Crippen molar-refractivity contribution >= 4 is 11.7 Å². The normalized spacial score (nSPS) is 37.8. The van der Waals surface area contributed by atoms with Gasteiger partial charge < -0.3 is 4.90 Å². The lowest BCUT2D eigenvalue weighted by molar-refractivity contribution is -0.126. The Balaban J connectivity index is 2.06. The second-order valence-electron chi connectivity index (χ2n) is 4.34. The van der Waals surface area contributed by atoms with E-state index in [1.807, 2.05) is 6.08 Å². The minimum Gasteiger partial charge on any atom is -0.315 e. The molecule has 0 aromatic rings.